The van der Waals surface area contributed by atoms with Crippen molar-refractivity contribution in [3.63, 3.8) is 0 Å². The summed E-state index contributed by atoms with van der Waals surface area (Å²) in [7, 11) is 1.97. The van der Waals surface area contributed by atoms with E-state index in [0.29, 0.717) is 0 Å². The van der Waals surface area contributed by atoms with Crippen molar-refractivity contribution in [1.82, 2.24) is 20.2 Å². The molecule has 5 nitrogen and oxygen atoms in total. The van der Waals surface area contributed by atoms with Crippen LogP contribution in [0.3, 0.4) is 0 Å². The van der Waals surface area contributed by atoms with Gasteiger partial charge < -0.3 is 0 Å². The Kier molecular flexibility index (Phi) is 4.34. The van der Waals surface area contributed by atoms with Crippen LogP contribution in [0.2, 0.25) is 0 Å². The fourth-order valence-electron chi connectivity index (χ4n) is 2.26. The van der Waals surface area contributed by atoms with Gasteiger partial charge in [0.05, 0.1) is 10.7 Å². The van der Waals surface area contributed by atoms with Crippen LogP contribution in [0, 0.1) is 20.8 Å². The number of nitrogens with zero attached hydrogens (tertiary/aromatic N) is 3. The Balaban J connectivity index is 2.10. The van der Waals surface area contributed by atoms with Crippen LogP contribution in [0.15, 0.2) is 5.38 Å². The van der Waals surface area contributed by atoms with Crippen LogP contribution in [0.1, 0.15) is 27.7 Å². The highest BCUT2D eigenvalue weighted by Crippen LogP contribution is 2.17. The molecule has 0 radical (unpaired) electrons. The molecule has 0 fully saturated rings. The van der Waals surface area contributed by atoms with Crippen molar-refractivity contribution in [3.05, 3.63) is 33.0 Å². The van der Waals surface area contributed by atoms with E-state index in [9.17, 15) is 0 Å². The lowest BCUT2D eigenvalue weighted by Crippen LogP contribution is -2.38. The van der Waals surface area contributed by atoms with Gasteiger partial charge in [-0.25, -0.2) is 4.98 Å². The van der Waals surface area contributed by atoms with Crippen molar-refractivity contribution in [2.24, 2.45) is 12.9 Å². The van der Waals surface area contributed by atoms with Crippen molar-refractivity contribution >= 4 is 11.3 Å². The fraction of sp³-hybridized carbons (Fsp3) is 0.538. The molecule has 19 heavy (non-hydrogen) atoms. The summed E-state index contributed by atoms with van der Waals surface area (Å²) in [5.41, 5.74) is 7.53. The second-order valence-corrected chi connectivity index (χ2v) is 5.87. The monoisotopic (exact) mass is 279 g/mol. The maximum absolute atomic E-state index is 5.68. The van der Waals surface area contributed by atoms with E-state index < -0.39 is 0 Å². The molecule has 0 aromatic carbocycles. The molecular weight excluding hydrogens is 258 g/mol. The minimum absolute atomic E-state index is 0.187. The van der Waals surface area contributed by atoms with Gasteiger partial charge in [-0.2, -0.15) is 5.10 Å². The molecular formula is C13H21N5S. The average Bonchev–Trinajstić information content (AvgIpc) is 2.87. The summed E-state index contributed by atoms with van der Waals surface area (Å²) >= 11 is 1.69. The molecule has 0 aliphatic heterocycles. The predicted octanol–water partition coefficient (Wildman–Crippen LogP) is 1.42. The molecule has 0 aliphatic carbocycles. The number of thiazole rings is 1. The second-order valence-electron chi connectivity index (χ2n) is 4.93. The van der Waals surface area contributed by atoms with Crippen molar-refractivity contribution in [1.29, 1.82) is 0 Å². The molecule has 2 heterocycles. The fourth-order valence-corrected chi connectivity index (χ4v) is 3.11. The first-order valence-electron chi connectivity index (χ1n) is 6.37. The van der Waals surface area contributed by atoms with Gasteiger partial charge in [-0.1, -0.05) is 0 Å². The van der Waals surface area contributed by atoms with Crippen LogP contribution in [-0.4, -0.2) is 20.8 Å². The van der Waals surface area contributed by atoms with E-state index in [0.717, 1.165) is 29.2 Å². The van der Waals surface area contributed by atoms with Crippen molar-refractivity contribution in [2.45, 2.75) is 39.7 Å². The van der Waals surface area contributed by atoms with Crippen molar-refractivity contribution in [2.75, 3.05) is 0 Å². The lowest BCUT2D eigenvalue weighted by atomic mass is 10.0. The number of hydrogen-bond acceptors (Lipinski definition) is 5. The molecule has 3 N–H and O–H groups in total. The number of hydrogen-bond donors (Lipinski definition) is 2. The molecule has 0 amide bonds. The standard InChI is InChI=1S/C13H21N5S/c1-8-7-19-13(15-8)6-11(16-14)5-12-9(2)17-18(4)10(12)3/h7,11,16H,5-6,14H2,1-4H3. The maximum Gasteiger partial charge on any atom is 0.0944 e. The predicted molar refractivity (Wildman–Crippen MR) is 78.1 cm³/mol. The molecule has 1 atom stereocenters. The summed E-state index contributed by atoms with van der Waals surface area (Å²) in [6.45, 7) is 6.15. The summed E-state index contributed by atoms with van der Waals surface area (Å²) < 4.78 is 1.92. The zero-order chi connectivity index (χ0) is 14.0. The molecule has 1 unspecified atom stereocenters. The van der Waals surface area contributed by atoms with E-state index in [4.69, 9.17) is 5.84 Å². The normalized spacial score (nSPS) is 12.9. The highest BCUT2D eigenvalue weighted by molar-refractivity contribution is 7.09. The second kappa shape index (κ2) is 5.81. The number of aryl methyl sites for hydroxylation is 3. The lowest BCUT2D eigenvalue weighted by molar-refractivity contribution is 0.519. The minimum atomic E-state index is 0.187. The summed E-state index contributed by atoms with van der Waals surface area (Å²) in [5.74, 6) is 5.68. The van der Waals surface area contributed by atoms with Crippen LogP contribution >= 0.6 is 11.3 Å². The van der Waals surface area contributed by atoms with Crippen molar-refractivity contribution in [3.8, 4) is 0 Å². The van der Waals surface area contributed by atoms with Gasteiger partial charge in [-0.15, -0.1) is 11.3 Å². The molecule has 0 saturated heterocycles. The van der Waals surface area contributed by atoms with Gasteiger partial charge in [-0.05, 0) is 32.8 Å². The average molecular weight is 279 g/mol. The number of rotatable bonds is 5. The smallest absolute Gasteiger partial charge is 0.0944 e. The van der Waals surface area contributed by atoms with Crippen LogP contribution < -0.4 is 11.3 Å². The van der Waals surface area contributed by atoms with E-state index in [-0.39, 0.29) is 6.04 Å². The SMILES string of the molecule is Cc1csc(CC(Cc2c(C)nn(C)c2C)NN)n1. The van der Waals surface area contributed by atoms with Crippen LogP contribution in [0.5, 0.6) is 0 Å². The molecule has 6 heteroatoms. The molecule has 0 saturated carbocycles. The zero-order valence-corrected chi connectivity index (χ0v) is 12.7. The first-order chi connectivity index (χ1) is 9.01. The van der Waals surface area contributed by atoms with Crippen molar-refractivity contribution < 1.29 is 0 Å². The Morgan fingerprint density at radius 1 is 1.37 bits per heavy atom. The van der Waals surface area contributed by atoms with E-state index in [1.165, 1.54) is 11.3 Å². The molecule has 0 bridgehead atoms. The summed E-state index contributed by atoms with van der Waals surface area (Å²) in [4.78, 5) is 4.49. The Morgan fingerprint density at radius 2 is 2.11 bits per heavy atom. The van der Waals surface area contributed by atoms with Gasteiger partial charge in [0.25, 0.3) is 0 Å². The third-order valence-corrected chi connectivity index (χ3v) is 4.42. The third kappa shape index (κ3) is 3.20. The van der Waals surface area contributed by atoms with Gasteiger partial charge in [0.15, 0.2) is 0 Å². The molecule has 2 aromatic heterocycles. The molecule has 2 aromatic rings. The van der Waals surface area contributed by atoms with Crippen LogP contribution in [0.4, 0.5) is 0 Å². The quantitative estimate of drug-likeness (QED) is 0.641. The molecule has 0 spiro atoms. The highest BCUT2D eigenvalue weighted by atomic mass is 32.1. The Labute approximate surface area is 117 Å². The van der Waals surface area contributed by atoms with Crippen LogP contribution in [-0.2, 0) is 19.9 Å². The molecule has 0 aliphatic rings. The number of nitrogens with one attached hydrogen (secondary N) is 1. The Hall–Kier alpha value is -1.24. The first-order valence-corrected chi connectivity index (χ1v) is 7.25. The minimum Gasteiger partial charge on any atom is -0.272 e. The van der Waals surface area contributed by atoms with Gasteiger partial charge in [0.2, 0.25) is 0 Å². The Bertz CT molecular complexity index is 557. The highest BCUT2D eigenvalue weighted by Gasteiger charge is 2.16. The largest absolute Gasteiger partial charge is 0.272 e. The maximum atomic E-state index is 5.68. The summed E-state index contributed by atoms with van der Waals surface area (Å²) in [6, 6.07) is 0.187. The third-order valence-electron chi connectivity index (χ3n) is 3.43. The number of hydrazine groups is 1. The van der Waals surface area contributed by atoms with Gasteiger partial charge >= 0.3 is 0 Å². The van der Waals surface area contributed by atoms with Gasteiger partial charge in [-0.3, -0.25) is 16.0 Å². The first kappa shape index (κ1) is 14.2. The molecule has 104 valence electrons. The van der Waals surface area contributed by atoms with E-state index >= 15 is 0 Å². The molecule has 2 rings (SSSR count). The lowest BCUT2D eigenvalue weighted by Gasteiger charge is -2.14. The Morgan fingerprint density at radius 3 is 2.58 bits per heavy atom. The number of nitrogens with two attached hydrogens (primary N) is 1. The van der Waals surface area contributed by atoms with Crippen LogP contribution in [0.25, 0.3) is 0 Å². The zero-order valence-electron chi connectivity index (χ0n) is 11.9. The van der Waals surface area contributed by atoms with E-state index in [1.54, 1.807) is 11.3 Å². The summed E-state index contributed by atoms with van der Waals surface area (Å²) in [6.07, 6.45) is 1.73. The summed E-state index contributed by atoms with van der Waals surface area (Å²) in [5, 5.41) is 7.64. The van der Waals surface area contributed by atoms with E-state index in [2.05, 4.69) is 27.8 Å². The van der Waals surface area contributed by atoms with E-state index in [1.807, 2.05) is 25.6 Å². The van der Waals surface area contributed by atoms with Gasteiger partial charge in [0, 0.05) is 36.3 Å². The topological polar surface area (TPSA) is 68.8 Å². The van der Waals surface area contributed by atoms with Gasteiger partial charge in [0.1, 0.15) is 0 Å². The number of aromatic nitrogens is 3.